The van der Waals surface area contributed by atoms with E-state index in [9.17, 15) is 9.59 Å². The lowest BCUT2D eigenvalue weighted by molar-refractivity contribution is -0.115. The molecule has 0 unspecified atom stereocenters. The average molecular weight is 436 g/mol. The average Bonchev–Trinajstić information content (AvgIpc) is 3.22. The minimum atomic E-state index is -0.450. The highest BCUT2D eigenvalue weighted by atomic mass is 32.1. The Morgan fingerprint density at radius 1 is 1.00 bits per heavy atom. The highest BCUT2D eigenvalue weighted by Crippen LogP contribution is 2.37. The molecule has 5 nitrogen and oxygen atoms in total. The van der Waals surface area contributed by atoms with Crippen LogP contribution in [0.4, 0.5) is 5.00 Å². The largest absolute Gasteiger partial charge is 0.497 e. The molecule has 1 aromatic heterocycles. The maximum atomic E-state index is 12.6. The van der Waals surface area contributed by atoms with Gasteiger partial charge in [-0.25, -0.2) is 4.79 Å². The molecule has 160 valence electrons. The van der Waals surface area contributed by atoms with Crippen LogP contribution in [0.5, 0.6) is 5.75 Å². The van der Waals surface area contributed by atoms with E-state index in [-0.39, 0.29) is 12.3 Å². The minimum absolute atomic E-state index is 0.186. The van der Waals surface area contributed by atoms with Crippen molar-refractivity contribution in [3.8, 4) is 16.9 Å². The molecule has 0 fully saturated rings. The fourth-order valence-corrected chi connectivity index (χ4v) is 4.94. The molecule has 3 aromatic rings. The molecular weight excluding hydrogens is 410 g/mol. The monoisotopic (exact) mass is 435 g/mol. The van der Waals surface area contributed by atoms with Gasteiger partial charge in [0.25, 0.3) is 0 Å². The third kappa shape index (κ3) is 4.64. The third-order valence-electron chi connectivity index (χ3n) is 5.62. The van der Waals surface area contributed by atoms with Crippen LogP contribution >= 0.6 is 11.3 Å². The number of hydrogen-bond acceptors (Lipinski definition) is 5. The summed E-state index contributed by atoms with van der Waals surface area (Å²) in [6, 6.07) is 13.7. The first-order valence-electron chi connectivity index (χ1n) is 10.3. The number of benzene rings is 2. The van der Waals surface area contributed by atoms with E-state index in [0.29, 0.717) is 10.6 Å². The standard InChI is InChI=1S/C25H25NO4S/c1-29-20-11-7-16(8-12-20)13-22(27)26-24-23(25(28)30-2)21(15-31-24)19-10-9-17-5-3-4-6-18(17)14-19/h7-12,14-15H,3-6,13H2,1-2H3,(H,26,27). The fraction of sp³-hybridized carbons (Fsp3) is 0.280. The lowest BCUT2D eigenvalue weighted by Crippen LogP contribution is -2.16. The van der Waals surface area contributed by atoms with Gasteiger partial charge in [0, 0.05) is 10.9 Å². The fourth-order valence-electron chi connectivity index (χ4n) is 3.97. The Balaban J connectivity index is 1.59. The number of aryl methyl sites for hydroxylation is 2. The normalized spacial score (nSPS) is 12.7. The lowest BCUT2D eigenvalue weighted by atomic mass is 9.89. The zero-order valence-electron chi connectivity index (χ0n) is 17.7. The first kappa shape index (κ1) is 21.1. The summed E-state index contributed by atoms with van der Waals surface area (Å²) in [6.45, 7) is 0. The molecule has 0 bridgehead atoms. The maximum absolute atomic E-state index is 12.6. The van der Waals surface area contributed by atoms with Crippen LogP contribution in [-0.2, 0) is 28.8 Å². The van der Waals surface area contributed by atoms with Crippen molar-refractivity contribution in [3.05, 3.63) is 70.1 Å². The number of rotatable bonds is 6. The van der Waals surface area contributed by atoms with Crippen molar-refractivity contribution in [2.75, 3.05) is 19.5 Å². The van der Waals surface area contributed by atoms with Crippen LogP contribution < -0.4 is 10.1 Å². The van der Waals surface area contributed by atoms with E-state index in [0.717, 1.165) is 35.3 Å². The van der Waals surface area contributed by atoms with Gasteiger partial charge in [0.2, 0.25) is 5.91 Å². The molecule has 6 heteroatoms. The molecule has 1 heterocycles. The van der Waals surface area contributed by atoms with E-state index < -0.39 is 5.97 Å². The van der Waals surface area contributed by atoms with Crippen molar-refractivity contribution in [2.24, 2.45) is 0 Å². The SMILES string of the molecule is COC(=O)c1c(-c2ccc3c(c2)CCCC3)csc1NC(=O)Cc1ccc(OC)cc1. The topological polar surface area (TPSA) is 64.6 Å². The molecular formula is C25H25NO4S. The number of fused-ring (bicyclic) bond motifs is 1. The van der Waals surface area contributed by atoms with E-state index in [4.69, 9.17) is 9.47 Å². The van der Waals surface area contributed by atoms with E-state index >= 15 is 0 Å². The number of anilines is 1. The molecule has 0 aliphatic heterocycles. The van der Waals surface area contributed by atoms with E-state index in [2.05, 4.69) is 23.5 Å². The molecule has 0 saturated heterocycles. The van der Waals surface area contributed by atoms with E-state index in [1.807, 2.05) is 29.6 Å². The van der Waals surface area contributed by atoms with Crippen LogP contribution in [0.15, 0.2) is 47.8 Å². The van der Waals surface area contributed by atoms with Gasteiger partial charge < -0.3 is 14.8 Å². The number of hydrogen-bond donors (Lipinski definition) is 1. The minimum Gasteiger partial charge on any atom is -0.497 e. The number of thiophene rings is 1. The van der Waals surface area contributed by atoms with Crippen molar-refractivity contribution in [2.45, 2.75) is 32.1 Å². The Morgan fingerprint density at radius 2 is 1.74 bits per heavy atom. The molecule has 2 aromatic carbocycles. The number of methoxy groups -OCH3 is 2. The summed E-state index contributed by atoms with van der Waals surface area (Å²) in [5, 5.41) is 5.33. The first-order chi connectivity index (χ1) is 15.1. The summed E-state index contributed by atoms with van der Waals surface area (Å²) < 4.78 is 10.2. The van der Waals surface area contributed by atoms with Crippen LogP contribution in [0.3, 0.4) is 0 Å². The Hall–Kier alpha value is -3.12. The number of ether oxygens (including phenoxy) is 2. The Bertz CT molecular complexity index is 1100. The molecule has 4 rings (SSSR count). The van der Waals surface area contributed by atoms with Crippen molar-refractivity contribution >= 4 is 28.2 Å². The van der Waals surface area contributed by atoms with Gasteiger partial charge in [-0.15, -0.1) is 11.3 Å². The van der Waals surface area contributed by atoms with Crippen molar-refractivity contribution in [1.82, 2.24) is 0 Å². The highest BCUT2D eigenvalue weighted by molar-refractivity contribution is 7.15. The number of esters is 1. The Labute approximate surface area is 186 Å². The summed E-state index contributed by atoms with van der Waals surface area (Å²) in [5.41, 5.74) is 5.78. The quantitative estimate of drug-likeness (QED) is 0.536. The van der Waals surface area contributed by atoms with Gasteiger partial charge in [0.05, 0.1) is 20.6 Å². The predicted molar refractivity (Wildman–Crippen MR) is 123 cm³/mol. The van der Waals surface area contributed by atoms with Gasteiger partial charge in [-0.05, 0) is 60.1 Å². The van der Waals surface area contributed by atoms with Gasteiger partial charge >= 0.3 is 5.97 Å². The number of nitrogens with one attached hydrogen (secondary N) is 1. The van der Waals surface area contributed by atoms with Crippen LogP contribution in [0, 0.1) is 0 Å². The summed E-state index contributed by atoms with van der Waals surface area (Å²) >= 11 is 1.34. The smallest absolute Gasteiger partial charge is 0.341 e. The summed E-state index contributed by atoms with van der Waals surface area (Å²) in [4.78, 5) is 25.3. The molecule has 0 atom stereocenters. The van der Waals surface area contributed by atoms with E-state index in [1.165, 1.54) is 42.4 Å². The molecule has 0 spiro atoms. The molecule has 1 N–H and O–H groups in total. The Kier molecular flexibility index (Phi) is 6.37. The molecule has 1 aliphatic rings. The first-order valence-corrected chi connectivity index (χ1v) is 11.2. The van der Waals surface area contributed by atoms with Crippen LogP contribution in [0.1, 0.15) is 39.9 Å². The second-order valence-electron chi connectivity index (χ2n) is 7.61. The zero-order chi connectivity index (χ0) is 21.8. The van der Waals surface area contributed by atoms with Crippen molar-refractivity contribution in [1.29, 1.82) is 0 Å². The van der Waals surface area contributed by atoms with Gasteiger partial charge in [0.15, 0.2) is 0 Å². The van der Waals surface area contributed by atoms with Crippen molar-refractivity contribution in [3.63, 3.8) is 0 Å². The predicted octanol–water partition coefficient (Wildman–Crippen LogP) is 5.27. The molecule has 31 heavy (non-hydrogen) atoms. The molecule has 0 saturated carbocycles. The van der Waals surface area contributed by atoms with Gasteiger partial charge in [-0.1, -0.05) is 30.3 Å². The third-order valence-corrected chi connectivity index (χ3v) is 6.51. The van der Waals surface area contributed by atoms with Crippen LogP contribution in [0.25, 0.3) is 11.1 Å². The number of amides is 1. The Morgan fingerprint density at radius 3 is 2.45 bits per heavy atom. The van der Waals surface area contributed by atoms with Crippen LogP contribution in [0.2, 0.25) is 0 Å². The number of carbonyl (C=O) groups is 2. The maximum Gasteiger partial charge on any atom is 0.341 e. The van der Waals surface area contributed by atoms with Gasteiger partial charge in [0.1, 0.15) is 16.3 Å². The van der Waals surface area contributed by atoms with Gasteiger partial charge in [-0.3, -0.25) is 4.79 Å². The molecule has 0 radical (unpaired) electrons. The summed E-state index contributed by atoms with van der Waals surface area (Å²) in [5.74, 6) is 0.105. The second-order valence-corrected chi connectivity index (χ2v) is 8.49. The second kappa shape index (κ2) is 9.35. The number of carbonyl (C=O) groups excluding carboxylic acids is 2. The lowest BCUT2D eigenvalue weighted by Gasteiger charge is -2.16. The van der Waals surface area contributed by atoms with Crippen molar-refractivity contribution < 1.29 is 19.1 Å². The van der Waals surface area contributed by atoms with Gasteiger partial charge in [-0.2, -0.15) is 0 Å². The van der Waals surface area contributed by atoms with Crippen LogP contribution in [-0.4, -0.2) is 26.1 Å². The zero-order valence-corrected chi connectivity index (χ0v) is 18.5. The van der Waals surface area contributed by atoms with E-state index in [1.54, 1.807) is 7.11 Å². The summed E-state index contributed by atoms with van der Waals surface area (Å²) in [6.07, 6.45) is 4.79. The highest BCUT2D eigenvalue weighted by Gasteiger charge is 2.23. The summed E-state index contributed by atoms with van der Waals surface area (Å²) in [7, 11) is 2.96. The molecule has 1 aliphatic carbocycles. The molecule has 1 amide bonds.